The fourth-order valence-corrected chi connectivity index (χ4v) is 4.87. The van der Waals surface area contributed by atoms with E-state index in [1.807, 2.05) is 36.5 Å². The largest absolute Gasteiger partial charge is 0.493 e. The highest BCUT2D eigenvalue weighted by atomic mass is 16.5. The Morgan fingerprint density at radius 2 is 1.77 bits per heavy atom. The van der Waals surface area contributed by atoms with Crippen molar-refractivity contribution in [1.29, 1.82) is 0 Å². The molecular weight excluding hydrogens is 392 g/mol. The van der Waals surface area contributed by atoms with Crippen LogP contribution in [0.3, 0.4) is 0 Å². The summed E-state index contributed by atoms with van der Waals surface area (Å²) in [4.78, 5) is 19.6. The average molecular weight is 418 g/mol. The third kappa shape index (κ3) is 3.26. The Balaban J connectivity index is 1.66. The van der Waals surface area contributed by atoms with Gasteiger partial charge in [-0.2, -0.15) is 0 Å². The number of aromatic nitrogens is 1. The van der Waals surface area contributed by atoms with Crippen molar-refractivity contribution >= 4 is 22.6 Å². The minimum atomic E-state index is -0.297. The highest BCUT2D eigenvalue weighted by Crippen LogP contribution is 2.42. The molecular formula is C25H26N2O4. The van der Waals surface area contributed by atoms with E-state index < -0.39 is 0 Å². The highest BCUT2D eigenvalue weighted by Gasteiger charge is 2.29. The number of ether oxygens (including phenoxy) is 3. The van der Waals surface area contributed by atoms with Gasteiger partial charge in [-0.05, 0) is 53.9 Å². The van der Waals surface area contributed by atoms with Gasteiger partial charge in [-0.1, -0.05) is 12.8 Å². The zero-order valence-corrected chi connectivity index (χ0v) is 18.1. The van der Waals surface area contributed by atoms with E-state index in [1.54, 1.807) is 14.2 Å². The van der Waals surface area contributed by atoms with Gasteiger partial charge in [0.05, 0.1) is 19.8 Å². The van der Waals surface area contributed by atoms with Crippen LogP contribution in [0.15, 0.2) is 36.5 Å². The molecule has 1 aliphatic carbocycles. The Morgan fingerprint density at radius 3 is 2.45 bits per heavy atom. The van der Waals surface area contributed by atoms with E-state index in [9.17, 15) is 4.79 Å². The second-order valence-electron chi connectivity index (χ2n) is 8.24. The van der Waals surface area contributed by atoms with Gasteiger partial charge in [0, 0.05) is 36.0 Å². The van der Waals surface area contributed by atoms with E-state index in [1.165, 1.54) is 25.7 Å². The van der Waals surface area contributed by atoms with Crippen molar-refractivity contribution in [3.63, 3.8) is 0 Å². The maximum absolute atomic E-state index is 12.6. The van der Waals surface area contributed by atoms with E-state index in [4.69, 9.17) is 19.2 Å². The molecule has 0 N–H and O–H groups in total. The highest BCUT2D eigenvalue weighted by molar-refractivity contribution is 6.11. The molecule has 1 saturated carbocycles. The summed E-state index contributed by atoms with van der Waals surface area (Å²) in [6.45, 7) is 0.279. The first kappa shape index (κ1) is 19.7. The minimum Gasteiger partial charge on any atom is -0.493 e. The molecule has 0 radical (unpaired) electrons. The van der Waals surface area contributed by atoms with Crippen molar-refractivity contribution in [2.24, 2.45) is 0 Å². The van der Waals surface area contributed by atoms with E-state index in [0.717, 1.165) is 33.3 Å². The number of carbonyl (C=O) groups excluding carboxylic acids is 1. The smallest absolute Gasteiger partial charge is 0.339 e. The summed E-state index contributed by atoms with van der Waals surface area (Å²) in [5.41, 5.74) is 3.21. The van der Waals surface area contributed by atoms with E-state index in [-0.39, 0.29) is 12.6 Å². The molecule has 1 aromatic heterocycles. The number of cyclic esters (lactones) is 1. The molecule has 5 rings (SSSR count). The Kier molecular flexibility index (Phi) is 4.93. The van der Waals surface area contributed by atoms with Gasteiger partial charge in [-0.25, -0.2) is 9.78 Å². The normalized spacial score (nSPS) is 15.8. The predicted molar refractivity (Wildman–Crippen MR) is 120 cm³/mol. The first-order valence-electron chi connectivity index (χ1n) is 10.7. The van der Waals surface area contributed by atoms with Crippen molar-refractivity contribution in [2.45, 2.75) is 38.3 Å². The van der Waals surface area contributed by atoms with E-state index >= 15 is 0 Å². The molecule has 6 nitrogen and oxygen atoms in total. The van der Waals surface area contributed by atoms with Gasteiger partial charge in [0.15, 0.2) is 11.5 Å². The molecule has 160 valence electrons. The molecule has 0 saturated heterocycles. The number of hydrogen-bond donors (Lipinski definition) is 0. The van der Waals surface area contributed by atoms with Gasteiger partial charge in [0.25, 0.3) is 0 Å². The molecule has 2 aromatic carbocycles. The zero-order valence-electron chi connectivity index (χ0n) is 18.1. The lowest BCUT2D eigenvalue weighted by atomic mass is 9.91. The van der Waals surface area contributed by atoms with Gasteiger partial charge in [0.2, 0.25) is 0 Å². The quantitative estimate of drug-likeness (QED) is 0.546. The number of esters is 1. The molecule has 0 spiro atoms. The van der Waals surface area contributed by atoms with Gasteiger partial charge < -0.3 is 19.1 Å². The summed E-state index contributed by atoms with van der Waals surface area (Å²) in [7, 11) is 5.34. The summed E-state index contributed by atoms with van der Waals surface area (Å²) >= 11 is 0. The number of fused-ring (bicyclic) bond motifs is 2. The summed E-state index contributed by atoms with van der Waals surface area (Å²) in [6, 6.07) is 10.5. The van der Waals surface area contributed by atoms with E-state index in [2.05, 4.69) is 11.9 Å². The number of benzene rings is 2. The maximum Gasteiger partial charge on any atom is 0.339 e. The Morgan fingerprint density at radius 1 is 1.03 bits per heavy atom. The first-order chi connectivity index (χ1) is 15.1. The van der Waals surface area contributed by atoms with Crippen LogP contribution in [-0.4, -0.2) is 38.3 Å². The number of methoxy groups -OCH3 is 2. The summed E-state index contributed by atoms with van der Waals surface area (Å²) in [6.07, 6.45) is 6.85. The topological polar surface area (TPSA) is 60.9 Å². The number of hydrogen-bond acceptors (Lipinski definition) is 6. The maximum atomic E-state index is 12.6. The third-order valence-corrected chi connectivity index (χ3v) is 6.56. The van der Waals surface area contributed by atoms with Crippen LogP contribution in [0.1, 0.15) is 41.6 Å². The third-order valence-electron chi connectivity index (χ3n) is 6.56. The van der Waals surface area contributed by atoms with Crippen LogP contribution in [0.2, 0.25) is 0 Å². The van der Waals surface area contributed by atoms with Crippen molar-refractivity contribution < 1.29 is 19.0 Å². The number of carbonyl (C=O) groups is 1. The second kappa shape index (κ2) is 7.76. The lowest BCUT2D eigenvalue weighted by Crippen LogP contribution is -2.29. The molecule has 2 heterocycles. The zero-order chi connectivity index (χ0) is 21.5. The molecule has 0 amide bonds. The van der Waals surface area contributed by atoms with E-state index in [0.29, 0.717) is 23.1 Å². The van der Waals surface area contributed by atoms with Gasteiger partial charge >= 0.3 is 5.97 Å². The lowest BCUT2D eigenvalue weighted by molar-refractivity contribution is 0.0535. The molecule has 6 heteroatoms. The van der Waals surface area contributed by atoms with Gasteiger partial charge in [-0.3, -0.25) is 0 Å². The number of nitrogens with zero attached hydrogens (tertiary/aromatic N) is 2. The minimum absolute atomic E-state index is 0.279. The Bertz CT molecular complexity index is 1150. The van der Waals surface area contributed by atoms with Crippen LogP contribution in [-0.2, 0) is 11.3 Å². The Hall–Kier alpha value is -3.28. The standard InChI is InChI=1S/C25H26N2O4/c1-27(18-6-4-5-7-18)22-9-8-15(13-26-22)23-19-12-21(30-3)20(29-2)11-16(19)10-17-14-31-25(28)24(17)23/h8-13,18H,4-7,14H2,1-3H3. The summed E-state index contributed by atoms with van der Waals surface area (Å²) in [5, 5.41) is 1.88. The molecule has 2 aliphatic rings. The fraction of sp³-hybridized carbons (Fsp3) is 0.360. The van der Waals surface area contributed by atoms with Crippen LogP contribution >= 0.6 is 0 Å². The fourth-order valence-electron chi connectivity index (χ4n) is 4.87. The van der Waals surface area contributed by atoms with Crippen molar-refractivity contribution in [2.75, 3.05) is 26.2 Å². The summed E-state index contributed by atoms with van der Waals surface area (Å²) < 4.78 is 16.4. The van der Waals surface area contributed by atoms with Crippen molar-refractivity contribution in [3.8, 4) is 22.6 Å². The molecule has 31 heavy (non-hydrogen) atoms. The van der Waals surface area contributed by atoms with Crippen LogP contribution < -0.4 is 14.4 Å². The molecule has 1 aliphatic heterocycles. The van der Waals surface area contributed by atoms with Crippen LogP contribution in [0.25, 0.3) is 21.9 Å². The van der Waals surface area contributed by atoms with Crippen LogP contribution in [0.4, 0.5) is 5.82 Å². The monoisotopic (exact) mass is 418 g/mol. The van der Waals surface area contributed by atoms with Gasteiger partial charge in [0.1, 0.15) is 12.4 Å². The van der Waals surface area contributed by atoms with Crippen molar-refractivity contribution in [1.82, 2.24) is 4.98 Å². The molecule has 0 atom stereocenters. The predicted octanol–water partition coefficient (Wildman–Crippen LogP) is 4.97. The summed E-state index contributed by atoms with van der Waals surface area (Å²) in [5.74, 6) is 1.93. The lowest BCUT2D eigenvalue weighted by Gasteiger charge is -2.25. The van der Waals surface area contributed by atoms with Crippen LogP contribution in [0, 0.1) is 0 Å². The SMILES string of the molecule is COc1cc2cc3c(c(-c4ccc(N(C)C5CCCC5)nc4)c2cc1OC)C(=O)OC3. The molecule has 0 bridgehead atoms. The number of anilines is 1. The molecule has 3 aromatic rings. The first-order valence-corrected chi connectivity index (χ1v) is 10.7. The van der Waals surface area contributed by atoms with Crippen LogP contribution in [0.5, 0.6) is 11.5 Å². The number of pyridine rings is 1. The van der Waals surface area contributed by atoms with Gasteiger partial charge in [-0.15, -0.1) is 0 Å². The molecule has 1 fully saturated rings. The van der Waals surface area contributed by atoms with Crippen molar-refractivity contribution in [3.05, 3.63) is 47.7 Å². The molecule has 0 unspecified atom stereocenters. The second-order valence-corrected chi connectivity index (χ2v) is 8.24. The number of rotatable bonds is 5. The Labute approximate surface area is 181 Å². The average Bonchev–Trinajstić information content (AvgIpc) is 3.47.